The molecule has 0 spiro atoms. The van der Waals surface area contributed by atoms with Crippen LogP contribution in [0.1, 0.15) is 22.9 Å². The van der Waals surface area contributed by atoms with Gasteiger partial charge in [-0.3, -0.25) is 4.79 Å². The Hall–Kier alpha value is -3.07. The Morgan fingerprint density at radius 3 is 2.37 bits per heavy atom. The zero-order valence-corrected chi connectivity index (χ0v) is 17.7. The smallest absolute Gasteiger partial charge is 0.238 e. The van der Waals surface area contributed by atoms with Crippen LogP contribution in [-0.2, 0) is 11.2 Å². The van der Waals surface area contributed by atoms with E-state index in [2.05, 4.69) is 10.3 Å². The van der Waals surface area contributed by atoms with Crippen molar-refractivity contribution in [1.82, 2.24) is 10.3 Å². The number of benzene rings is 2. The minimum absolute atomic E-state index is 0.0614. The first kappa shape index (κ1) is 21.6. The van der Waals surface area contributed by atoms with Crippen LogP contribution < -0.4 is 10.1 Å². The standard InChI is InChI=1S/C23H19Cl2N3O2/c1-30-18-9-7-16(8-10-18)22(15-5-3-2-4-6-15)28-23(29)17(14-26)13-20-19(24)11-12-21(25)27-20/h2-12,17,22H,13H2,1H3,(H,28,29). The molecule has 0 aliphatic heterocycles. The van der Waals surface area contributed by atoms with E-state index in [1.54, 1.807) is 19.2 Å². The van der Waals surface area contributed by atoms with E-state index in [4.69, 9.17) is 27.9 Å². The quantitative estimate of drug-likeness (QED) is 0.526. The van der Waals surface area contributed by atoms with Crippen LogP contribution in [0.2, 0.25) is 10.2 Å². The van der Waals surface area contributed by atoms with Gasteiger partial charge in [-0.2, -0.15) is 5.26 Å². The van der Waals surface area contributed by atoms with Crippen LogP contribution in [0.3, 0.4) is 0 Å². The average molecular weight is 440 g/mol. The number of pyridine rings is 1. The van der Waals surface area contributed by atoms with Crippen molar-refractivity contribution in [3.8, 4) is 11.8 Å². The molecule has 2 atom stereocenters. The van der Waals surface area contributed by atoms with Gasteiger partial charge in [0.1, 0.15) is 16.8 Å². The minimum Gasteiger partial charge on any atom is -0.497 e. The van der Waals surface area contributed by atoms with Gasteiger partial charge in [0.2, 0.25) is 5.91 Å². The number of carbonyl (C=O) groups excluding carboxylic acids is 1. The molecule has 0 fully saturated rings. The fourth-order valence-electron chi connectivity index (χ4n) is 3.04. The Balaban J connectivity index is 1.86. The molecule has 1 heterocycles. The number of hydrogen-bond acceptors (Lipinski definition) is 4. The number of halogens is 2. The van der Waals surface area contributed by atoms with Gasteiger partial charge < -0.3 is 10.1 Å². The molecule has 2 aromatic carbocycles. The molecule has 0 aliphatic rings. The number of nitrogens with one attached hydrogen (secondary N) is 1. The summed E-state index contributed by atoms with van der Waals surface area (Å²) in [5.41, 5.74) is 2.17. The molecule has 0 bridgehead atoms. The Bertz CT molecular complexity index is 1050. The third-order valence-electron chi connectivity index (χ3n) is 4.62. The lowest BCUT2D eigenvalue weighted by Gasteiger charge is -2.22. The van der Waals surface area contributed by atoms with E-state index in [0.29, 0.717) is 16.5 Å². The first-order valence-electron chi connectivity index (χ1n) is 9.21. The van der Waals surface area contributed by atoms with Crippen molar-refractivity contribution in [3.63, 3.8) is 0 Å². The van der Waals surface area contributed by atoms with Crippen molar-refractivity contribution in [2.75, 3.05) is 7.11 Å². The Kier molecular flexibility index (Phi) is 7.29. The van der Waals surface area contributed by atoms with Gasteiger partial charge in [0.05, 0.1) is 29.9 Å². The maximum absolute atomic E-state index is 13.0. The van der Waals surface area contributed by atoms with Gasteiger partial charge in [-0.05, 0) is 35.4 Å². The summed E-state index contributed by atoms with van der Waals surface area (Å²) in [5, 5.41) is 13.2. The molecule has 1 N–H and O–H groups in total. The topological polar surface area (TPSA) is 75.0 Å². The monoisotopic (exact) mass is 439 g/mol. The van der Waals surface area contributed by atoms with Gasteiger partial charge in [-0.1, -0.05) is 65.7 Å². The zero-order valence-electron chi connectivity index (χ0n) is 16.2. The molecule has 3 rings (SSSR count). The number of rotatable bonds is 7. The lowest BCUT2D eigenvalue weighted by atomic mass is 9.96. The molecular weight excluding hydrogens is 421 g/mol. The molecule has 0 saturated carbocycles. The summed E-state index contributed by atoms with van der Waals surface area (Å²) >= 11 is 12.1. The number of aromatic nitrogens is 1. The molecule has 2 unspecified atom stereocenters. The predicted octanol–water partition coefficient (Wildman–Crippen LogP) is 4.99. The SMILES string of the molecule is COc1ccc(C(NC(=O)C(C#N)Cc2nc(Cl)ccc2Cl)c2ccccc2)cc1. The Labute approximate surface area is 185 Å². The van der Waals surface area contributed by atoms with Gasteiger partial charge >= 0.3 is 0 Å². The molecule has 5 nitrogen and oxygen atoms in total. The molecule has 0 saturated heterocycles. The first-order chi connectivity index (χ1) is 14.5. The van der Waals surface area contributed by atoms with E-state index in [-0.39, 0.29) is 11.6 Å². The minimum atomic E-state index is -0.974. The van der Waals surface area contributed by atoms with Gasteiger partial charge in [0, 0.05) is 6.42 Å². The predicted molar refractivity (Wildman–Crippen MR) is 116 cm³/mol. The van der Waals surface area contributed by atoms with Crippen molar-refractivity contribution in [1.29, 1.82) is 5.26 Å². The molecule has 1 aromatic heterocycles. The van der Waals surface area contributed by atoms with E-state index in [1.807, 2.05) is 60.7 Å². The summed E-state index contributed by atoms with van der Waals surface area (Å²) in [6.45, 7) is 0. The van der Waals surface area contributed by atoms with E-state index in [1.165, 1.54) is 0 Å². The third-order valence-corrected chi connectivity index (χ3v) is 5.18. The van der Waals surface area contributed by atoms with Crippen molar-refractivity contribution < 1.29 is 9.53 Å². The highest BCUT2D eigenvalue weighted by Gasteiger charge is 2.25. The number of nitriles is 1. The maximum atomic E-state index is 13.0. The number of hydrogen-bond donors (Lipinski definition) is 1. The van der Waals surface area contributed by atoms with Crippen LogP contribution in [0.15, 0.2) is 66.7 Å². The summed E-state index contributed by atoms with van der Waals surface area (Å²) in [4.78, 5) is 17.1. The van der Waals surface area contributed by atoms with Crippen molar-refractivity contribution in [3.05, 3.63) is 93.7 Å². The van der Waals surface area contributed by atoms with Crippen LogP contribution in [-0.4, -0.2) is 18.0 Å². The summed E-state index contributed by atoms with van der Waals surface area (Å²) in [5.74, 6) is -0.675. The molecule has 0 radical (unpaired) electrons. The van der Waals surface area contributed by atoms with Gasteiger partial charge in [0.15, 0.2) is 0 Å². The van der Waals surface area contributed by atoms with Crippen molar-refractivity contribution >= 4 is 29.1 Å². The molecule has 0 aliphatic carbocycles. The lowest BCUT2D eigenvalue weighted by molar-refractivity contribution is -0.123. The van der Waals surface area contributed by atoms with Crippen LogP contribution in [0.4, 0.5) is 0 Å². The summed E-state index contributed by atoms with van der Waals surface area (Å²) in [6, 6.07) is 21.7. The second-order valence-corrected chi connectivity index (χ2v) is 7.37. The van der Waals surface area contributed by atoms with Crippen molar-refractivity contribution in [2.24, 2.45) is 5.92 Å². The van der Waals surface area contributed by atoms with E-state index < -0.39 is 17.9 Å². The number of nitrogens with zero attached hydrogens (tertiary/aromatic N) is 2. The Morgan fingerprint density at radius 1 is 1.07 bits per heavy atom. The Morgan fingerprint density at radius 2 is 1.73 bits per heavy atom. The van der Waals surface area contributed by atoms with Crippen LogP contribution in [0.5, 0.6) is 5.75 Å². The first-order valence-corrected chi connectivity index (χ1v) is 9.97. The number of carbonyl (C=O) groups is 1. The fraction of sp³-hybridized carbons (Fsp3) is 0.174. The lowest BCUT2D eigenvalue weighted by Crippen LogP contribution is -2.35. The number of methoxy groups -OCH3 is 1. The van der Waals surface area contributed by atoms with Gasteiger partial charge in [0.25, 0.3) is 0 Å². The highest BCUT2D eigenvalue weighted by atomic mass is 35.5. The van der Waals surface area contributed by atoms with E-state index >= 15 is 0 Å². The second-order valence-electron chi connectivity index (χ2n) is 6.57. The highest BCUT2D eigenvalue weighted by Crippen LogP contribution is 2.25. The summed E-state index contributed by atoms with van der Waals surface area (Å²) in [6.07, 6.45) is 0.0614. The second kappa shape index (κ2) is 10.1. The normalized spacial score (nSPS) is 12.5. The van der Waals surface area contributed by atoms with Gasteiger partial charge in [-0.15, -0.1) is 0 Å². The third kappa shape index (κ3) is 5.29. The largest absolute Gasteiger partial charge is 0.497 e. The fourth-order valence-corrected chi connectivity index (χ4v) is 3.38. The number of amides is 1. The van der Waals surface area contributed by atoms with Crippen LogP contribution in [0, 0.1) is 17.2 Å². The maximum Gasteiger partial charge on any atom is 0.238 e. The van der Waals surface area contributed by atoms with E-state index in [0.717, 1.165) is 11.1 Å². The number of ether oxygens (including phenoxy) is 1. The molecule has 7 heteroatoms. The van der Waals surface area contributed by atoms with Gasteiger partial charge in [-0.25, -0.2) is 4.98 Å². The molecule has 1 amide bonds. The van der Waals surface area contributed by atoms with E-state index in [9.17, 15) is 10.1 Å². The van der Waals surface area contributed by atoms with Crippen LogP contribution >= 0.6 is 23.2 Å². The summed E-state index contributed by atoms with van der Waals surface area (Å²) < 4.78 is 5.22. The molecule has 3 aromatic rings. The average Bonchev–Trinajstić information content (AvgIpc) is 2.78. The summed E-state index contributed by atoms with van der Waals surface area (Å²) in [7, 11) is 1.60. The zero-order chi connectivity index (χ0) is 21.5. The molecule has 152 valence electrons. The molecular formula is C23H19Cl2N3O2. The highest BCUT2D eigenvalue weighted by molar-refractivity contribution is 6.32. The van der Waals surface area contributed by atoms with Crippen LogP contribution in [0.25, 0.3) is 0 Å². The van der Waals surface area contributed by atoms with Crippen molar-refractivity contribution in [2.45, 2.75) is 12.5 Å². The molecule has 30 heavy (non-hydrogen) atoms.